The van der Waals surface area contributed by atoms with Crippen LogP contribution in [0.25, 0.3) is 0 Å². The maximum Gasteiger partial charge on any atom is 0.183 e. The molecule has 0 spiro atoms. The van der Waals surface area contributed by atoms with Crippen LogP contribution in [0, 0.1) is 0 Å². The number of fused-ring (bicyclic) bond motifs is 2. The second-order valence-electron chi connectivity index (χ2n) is 5.67. The lowest BCUT2D eigenvalue weighted by Crippen LogP contribution is -2.66. The zero-order valence-electron chi connectivity index (χ0n) is 9.89. The van der Waals surface area contributed by atoms with Crippen LogP contribution in [0.1, 0.15) is 51.4 Å². The summed E-state index contributed by atoms with van der Waals surface area (Å²) in [5.74, 6) is 0. The van der Waals surface area contributed by atoms with Gasteiger partial charge in [-0.25, -0.2) is 4.31 Å². The van der Waals surface area contributed by atoms with Gasteiger partial charge >= 0.3 is 0 Å². The molecule has 4 heteroatoms. The standard InChI is InChI=1S/C12H21BN2S/c13-14-9-5-1-3-7-11(9)15(16)12-8-4-2-6-10(12)14/h9-12,16H,1-8H2. The van der Waals surface area contributed by atoms with E-state index in [1.54, 1.807) is 0 Å². The summed E-state index contributed by atoms with van der Waals surface area (Å²) >= 11 is 4.80. The summed E-state index contributed by atoms with van der Waals surface area (Å²) in [6.45, 7) is 0. The van der Waals surface area contributed by atoms with E-state index in [1.165, 1.54) is 51.4 Å². The molecule has 1 heterocycles. The Morgan fingerprint density at radius 2 is 1.12 bits per heavy atom. The normalized spacial score (nSPS) is 46.1. The fraction of sp³-hybridized carbons (Fsp3) is 1.00. The minimum absolute atomic E-state index is 0.561. The van der Waals surface area contributed by atoms with Crippen LogP contribution < -0.4 is 0 Å². The van der Waals surface area contributed by atoms with Crippen molar-refractivity contribution in [2.24, 2.45) is 0 Å². The molecule has 2 radical (unpaired) electrons. The van der Waals surface area contributed by atoms with Crippen LogP contribution in [-0.4, -0.2) is 41.3 Å². The van der Waals surface area contributed by atoms with Gasteiger partial charge in [0.05, 0.1) is 0 Å². The first-order chi connectivity index (χ1) is 7.79. The van der Waals surface area contributed by atoms with Crippen molar-refractivity contribution in [3.63, 3.8) is 0 Å². The first-order valence-corrected chi connectivity index (χ1v) is 7.19. The van der Waals surface area contributed by atoms with Gasteiger partial charge in [-0.3, -0.25) is 0 Å². The van der Waals surface area contributed by atoms with E-state index in [-0.39, 0.29) is 0 Å². The quantitative estimate of drug-likeness (QED) is 0.508. The topological polar surface area (TPSA) is 6.48 Å². The van der Waals surface area contributed by atoms with E-state index in [0.29, 0.717) is 24.2 Å². The summed E-state index contributed by atoms with van der Waals surface area (Å²) in [6, 6.07) is 2.32. The highest BCUT2D eigenvalue weighted by Crippen LogP contribution is 2.40. The van der Waals surface area contributed by atoms with Crippen molar-refractivity contribution in [1.82, 2.24) is 9.12 Å². The van der Waals surface area contributed by atoms with Crippen LogP contribution in [-0.2, 0) is 0 Å². The SMILES string of the molecule is [B]N1C2CCCCC2N(S)C2CCCCC21. The third kappa shape index (κ3) is 1.73. The van der Waals surface area contributed by atoms with Gasteiger partial charge in [-0.2, -0.15) is 0 Å². The first kappa shape index (κ1) is 11.4. The van der Waals surface area contributed by atoms with Gasteiger partial charge in [-0.05, 0) is 25.7 Å². The minimum atomic E-state index is 0.561. The van der Waals surface area contributed by atoms with Gasteiger partial charge in [-0.1, -0.05) is 38.5 Å². The van der Waals surface area contributed by atoms with Gasteiger partial charge in [0.2, 0.25) is 0 Å². The fourth-order valence-corrected chi connectivity index (χ4v) is 4.53. The van der Waals surface area contributed by atoms with Gasteiger partial charge in [-0.15, -0.1) is 0 Å². The largest absolute Gasteiger partial charge is 0.346 e. The molecule has 0 aromatic carbocycles. The molecule has 16 heavy (non-hydrogen) atoms. The molecular formula is C12H21BN2S. The Balaban J connectivity index is 1.83. The van der Waals surface area contributed by atoms with Crippen LogP contribution in [0.4, 0.5) is 0 Å². The number of hydrogen-bond donors (Lipinski definition) is 1. The highest BCUT2D eigenvalue weighted by molar-refractivity contribution is 7.77. The van der Waals surface area contributed by atoms with E-state index in [9.17, 15) is 0 Å². The summed E-state index contributed by atoms with van der Waals surface area (Å²) in [5, 5.41) is 0. The average Bonchev–Trinajstić information content (AvgIpc) is 2.36. The predicted molar refractivity (Wildman–Crippen MR) is 70.5 cm³/mol. The van der Waals surface area contributed by atoms with Gasteiger partial charge in [0.25, 0.3) is 0 Å². The lowest BCUT2D eigenvalue weighted by atomic mass is 9.77. The molecule has 2 saturated carbocycles. The third-order valence-electron chi connectivity index (χ3n) is 4.83. The summed E-state index contributed by atoms with van der Waals surface area (Å²) < 4.78 is 2.37. The van der Waals surface area contributed by atoms with Crippen molar-refractivity contribution >= 4 is 20.8 Å². The van der Waals surface area contributed by atoms with Crippen molar-refractivity contribution in [2.45, 2.75) is 75.5 Å². The first-order valence-electron chi connectivity index (χ1n) is 6.79. The number of hydrogen-bond acceptors (Lipinski definition) is 3. The van der Waals surface area contributed by atoms with Crippen molar-refractivity contribution < 1.29 is 0 Å². The zero-order chi connectivity index (χ0) is 11.1. The highest BCUT2D eigenvalue weighted by atomic mass is 32.1. The fourth-order valence-electron chi connectivity index (χ4n) is 3.99. The highest BCUT2D eigenvalue weighted by Gasteiger charge is 2.45. The molecule has 3 fully saturated rings. The average molecular weight is 236 g/mol. The van der Waals surface area contributed by atoms with Crippen LogP contribution in [0.15, 0.2) is 0 Å². The molecule has 88 valence electrons. The lowest BCUT2D eigenvalue weighted by molar-refractivity contribution is 0.00164. The molecule has 0 amide bonds. The molecule has 4 unspecified atom stereocenters. The molecule has 2 aliphatic carbocycles. The Kier molecular flexibility index (Phi) is 3.24. The molecule has 0 N–H and O–H groups in total. The van der Waals surface area contributed by atoms with E-state index in [0.717, 1.165) is 0 Å². The van der Waals surface area contributed by atoms with E-state index < -0.39 is 0 Å². The number of thiol groups is 1. The second kappa shape index (κ2) is 4.54. The predicted octanol–water partition coefficient (Wildman–Crippen LogP) is 2.15. The summed E-state index contributed by atoms with van der Waals surface area (Å²) in [6.07, 6.45) is 10.5. The maximum atomic E-state index is 6.38. The molecule has 0 aromatic rings. The van der Waals surface area contributed by atoms with Crippen molar-refractivity contribution in [3.05, 3.63) is 0 Å². The molecular weight excluding hydrogens is 215 g/mol. The van der Waals surface area contributed by atoms with Crippen molar-refractivity contribution in [1.29, 1.82) is 0 Å². The molecule has 4 atom stereocenters. The summed E-state index contributed by atoms with van der Waals surface area (Å²) in [7, 11) is 6.38. The van der Waals surface area contributed by atoms with Gasteiger partial charge in [0, 0.05) is 24.2 Å². The van der Waals surface area contributed by atoms with Gasteiger partial charge < -0.3 is 4.81 Å². The summed E-state index contributed by atoms with van der Waals surface area (Å²) in [5.41, 5.74) is 0. The molecule has 0 bridgehead atoms. The number of nitrogens with zero attached hydrogens (tertiary/aromatic N) is 2. The van der Waals surface area contributed by atoms with Gasteiger partial charge in [0.1, 0.15) is 0 Å². The Morgan fingerprint density at radius 3 is 1.56 bits per heavy atom. The van der Waals surface area contributed by atoms with E-state index in [2.05, 4.69) is 9.12 Å². The minimum Gasteiger partial charge on any atom is -0.346 e. The smallest absolute Gasteiger partial charge is 0.183 e. The zero-order valence-corrected chi connectivity index (χ0v) is 10.8. The summed E-state index contributed by atoms with van der Waals surface area (Å²) in [4.78, 5) is 2.21. The maximum absolute atomic E-state index is 6.38. The van der Waals surface area contributed by atoms with E-state index in [4.69, 9.17) is 20.8 Å². The molecule has 1 saturated heterocycles. The molecule has 3 rings (SSSR count). The molecule has 0 aromatic heterocycles. The monoisotopic (exact) mass is 236 g/mol. The van der Waals surface area contributed by atoms with Gasteiger partial charge in [0.15, 0.2) is 7.98 Å². The van der Waals surface area contributed by atoms with Crippen LogP contribution in [0.5, 0.6) is 0 Å². The van der Waals surface area contributed by atoms with E-state index >= 15 is 0 Å². The lowest BCUT2D eigenvalue weighted by Gasteiger charge is -2.57. The molecule has 2 nitrogen and oxygen atoms in total. The second-order valence-corrected chi connectivity index (χ2v) is 6.13. The van der Waals surface area contributed by atoms with Crippen LogP contribution >= 0.6 is 12.8 Å². The third-order valence-corrected chi connectivity index (χ3v) is 5.43. The Bertz CT molecular complexity index is 213. The molecule has 1 aliphatic heterocycles. The number of piperazine rings is 1. The van der Waals surface area contributed by atoms with Crippen LogP contribution in [0.3, 0.4) is 0 Å². The van der Waals surface area contributed by atoms with Crippen molar-refractivity contribution in [3.8, 4) is 0 Å². The number of rotatable bonds is 0. The Hall–Kier alpha value is 0.335. The van der Waals surface area contributed by atoms with Crippen molar-refractivity contribution in [2.75, 3.05) is 0 Å². The molecule has 3 aliphatic rings. The van der Waals surface area contributed by atoms with E-state index in [1.807, 2.05) is 0 Å². The van der Waals surface area contributed by atoms with Crippen LogP contribution in [0.2, 0.25) is 0 Å². The Morgan fingerprint density at radius 1 is 0.750 bits per heavy atom. The Labute approximate surface area is 106 Å².